The van der Waals surface area contributed by atoms with E-state index < -0.39 is 0 Å². The van der Waals surface area contributed by atoms with Crippen molar-refractivity contribution in [2.45, 2.75) is 13.8 Å². The minimum Gasteiger partial charge on any atom is -0.494 e. The van der Waals surface area contributed by atoms with Gasteiger partial charge in [0, 0.05) is 11.3 Å². The molecule has 1 aromatic heterocycles. The highest BCUT2D eigenvalue weighted by Gasteiger charge is 2.14. The SMILES string of the molecule is CCOc1ccc(-n2nc3cc(C)c(NC(=O)c4ccc(OC)c(OC)c4)cc3n2)cc1. The second kappa shape index (κ2) is 8.97. The summed E-state index contributed by atoms with van der Waals surface area (Å²) >= 11 is 0. The molecule has 8 heteroatoms. The summed E-state index contributed by atoms with van der Waals surface area (Å²) in [4.78, 5) is 14.4. The molecule has 0 atom stereocenters. The van der Waals surface area contributed by atoms with Gasteiger partial charge in [-0.1, -0.05) is 0 Å². The zero-order valence-corrected chi connectivity index (χ0v) is 18.4. The molecule has 1 amide bonds. The Morgan fingerprint density at radius 2 is 1.62 bits per heavy atom. The first-order chi connectivity index (χ1) is 15.5. The Bertz CT molecular complexity index is 1270. The molecule has 0 saturated heterocycles. The van der Waals surface area contributed by atoms with Crippen LogP contribution in [0, 0.1) is 6.92 Å². The van der Waals surface area contributed by atoms with Crippen LogP contribution in [0.5, 0.6) is 17.2 Å². The van der Waals surface area contributed by atoms with E-state index in [1.54, 1.807) is 30.1 Å². The smallest absolute Gasteiger partial charge is 0.255 e. The number of carbonyl (C=O) groups is 1. The van der Waals surface area contributed by atoms with Gasteiger partial charge < -0.3 is 19.5 Å². The fraction of sp³-hybridized carbons (Fsp3) is 0.208. The first kappa shape index (κ1) is 21.2. The highest BCUT2D eigenvalue weighted by molar-refractivity contribution is 6.05. The van der Waals surface area contributed by atoms with E-state index in [4.69, 9.17) is 14.2 Å². The third kappa shape index (κ3) is 4.20. The molecule has 3 aromatic carbocycles. The molecule has 32 heavy (non-hydrogen) atoms. The standard InChI is InChI=1S/C24H24N4O4/c1-5-32-18-9-7-17(8-10-18)28-26-20-12-15(2)19(14-21(20)27-28)25-24(29)16-6-11-22(30-3)23(13-16)31-4/h6-14H,5H2,1-4H3,(H,25,29). The number of carbonyl (C=O) groups excluding carboxylic acids is 1. The van der Waals surface area contributed by atoms with Crippen molar-refractivity contribution in [3.63, 3.8) is 0 Å². The Labute approximate surface area is 185 Å². The van der Waals surface area contributed by atoms with Gasteiger partial charge in [-0.3, -0.25) is 4.79 Å². The van der Waals surface area contributed by atoms with Crippen molar-refractivity contribution in [2.75, 3.05) is 26.1 Å². The second-order valence-corrected chi connectivity index (χ2v) is 7.10. The molecule has 0 fully saturated rings. The van der Waals surface area contributed by atoms with Crippen LogP contribution >= 0.6 is 0 Å². The molecule has 0 bridgehead atoms. The van der Waals surface area contributed by atoms with Crippen molar-refractivity contribution in [3.8, 4) is 22.9 Å². The largest absolute Gasteiger partial charge is 0.494 e. The van der Waals surface area contributed by atoms with Crippen LogP contribution in [0.3, 0.4) is 0 Å². The lowest BCUT2D eigenvalue weighted by atomic mass is 10.1. The Morgan fingerprint density at radius 1 is 0.938 bits per heavy atom. The molecule has 0 unspecified atom stereocenters. The lowest BCUT2D eigenvalue weighted by molar-refractivity contribution is 0.102. The van der Waals surface area contributed by atoms with Crippen LogP contribution in [-0.2, 0) is 0 Å². The molecular formula is C24H24N4O4. The van der Waals surface area contributed by atoms with Gasteiger partial charge in [0.25, 0.3) is 5.91 Å². The van der Waals surface area contributed by atoms with Gasteiger partial charge >= 0.3 is 0 Å². The average molecular weight is 432 g/mol. The number of fused-ring (bicyclic) bond motifs is 1. The molecule has 0 saturated carbocycles. The molecule has 4 rings (SSSR count). The number of nitrogens with one attached hydrogen (secondary N) is 1. The lowest BCUT2D eigenvalue weighted by Gasteiger charge is -2.11. The summed E-state index contributed by atoms with van der Waals surface area (Å²) in [5.74, 6) is 1.59. The number of methoxy groups -OCH3 is 2. The number of hydrogen-bond acceptors (Lipinski definition) is 6. The van der Waals surface area contributed by atoms with Crippen LogP contribution in [0.2, 0.25) is 0 Å². The summed E-state index contributed by atoms with van der Waals surface area (Å²) in [5.41, 5.74) is 4.23. The normalized spacial score (nSPS) is 10.8. The van der Waals surface area contributed by atoms with Gasteiger partial charge in [0.1, 0.15) is 16.8 Å². The molecule has 4 aromatic rings. The van der Waals surface area contributed by atoms with Gasteiger partial charge in [0.2, 0.25) is 0 Å². The van der Waals surface area contributed by atoms with E-state index in [0.717, 1.165) is 22.5 Å². The van der Waals surface area contributed by atoms with E-state index in [1.807, 2.05) is 50.2 Å². The Balaban J connectivity index is 1.60. The van der Waals surface area contributed by atoms with Crippen LogP contribution in [0.15, 0.2) is 54.6 Å². The number of amides is 1. The number of aryl methyl sites for hydroxylation is 1. The zero-order chi connectivity index (χ0) is 22.7. The van der Waals surface area contributed by atoms with E-state index in [0.29, 0.717) is 34.9 Å². The van der Waals surface area contributed by atoms with E-state index in [-0.39, 0.29) is 5.91 Å². The number of benzene rings is 3. The third-order valence-corrected chi connectivity index (χ3v) is 5.00. The predicted octanol–water partition coefficient (Wildman–Crippen LogP) is 4.40. The second-order valence-electron chi connectivity index (χ2n) is 7.10. The van der Waals surface area contributed by atoms with Crippen molar-refractivity contribution in [2.24, 2.45) is 0 Å². The average Bonchev–Trinajstić information content (AvgIpc) is 3.22. The first-order valence-corrected chi connectivity index (χ1v) is 10.2. The minimum atomic E-state index is -0.257. The number of hydrogen-bond donors (Lipinski definition) is 1. The fourth-order valence-corrected chi connectivity index (χ4v) is 3.33. The van der Waals surface area contributed by atoms with E-state index in [9.17, 15) is 4.79 Å². The third-order valence-electron chi connectivity index (χ3n) is 5.00. The monoisotopic (exact) mass is 432 g/mol. The van der Waals surface area contributed by atoms with Gasteiger partial charge in [-0.05, 0) is 74.0 Å². The summed E-state index contributed by atoms with van der Waals surface area (Å²) in [6.07, 6.45) is 0. The molecule has 8 nitrogen and oxygen atoms in total. The quantitative estimate of drug-likeness (QED) is 0.466. The predicted molar refractivity (Wildman–Crippen MR) is 122 cm³/mol. The fourth-order valence-electron chi connectivity index (χ4n) is 3.33. The first-order valence-electron chi connectivity index (χ1n) is 10.2. The number of aromatic nitrogens is 3. The van der Waals surface area contributed by atoms with Gasteiger partial charge in [-0.2, -0.15) is 4.80 Å². The molecule has 0 radical (unpaired) electrons. The summed E-state index contributed by atoms with van der Waals surface area (Å²) < 4.78 is 16.0. The van der Waals surface area contributed by atoms with E-state index >= 15 is 0 Å². The molecule has 1 N–H and O–H groups in total. The van der Waals surface area contributed by atoms with Crippen LogP contribution in [0.4, 0.5) is 5.69 Å². The van der Waals surface area contributed by atoms with Crippen LogP contribution in [0.1, 0.15) is 22.8 Å². The van der Waals surface area contributed by atoms with Crippen LogP contribution in [0.25, 0.3) is 16.7 Å². The number of nitrogens with zero attached hydrogens (tertiary/aromatic N) is 3. The summed E-state index contributed by atoms with van der Waals surface area (Å²) in [6.45, 7) is 4.47. The van der Waals surface area contributed by atoms with Crippen molar-refractivity contribution in [1.82, 2.24) is 15.0 Å². The molecule has 0 spiro atoms. The number of rotatable bonds is 7. The highest BCUT2D eigenvalue weighted by Crippen LogP contribution is 2.29. The number of ether oxygens (including phenoxy) is 3. The topological polar surface area (TPSA) is 87.5 Å². The lowest BCUT2D eigenvalue weighted by Crippen LogP contribution is -2.13. The molecule has 164 valence electrons. The zero-order valence-electron chi connectivity index (χ0n) is 18.4. The van der Waals surface area contributed by atoms with Gasteiger partial charge in [0.05, 0.1) is 26.5 Å². The van der Waals surface area contributed by atoms with Gasteiger partial charge in [-0.15, -0.1) is 10.2 Å². The summed E-state index contributed by atoms with van der Waals surface area (Å²) in [7, 11) is 3.09. The Kier molecular flexibility index (Phi) is 5.93. The van der Waals surface area contributed by atoms with Gasteiger partial charge in [-0.25, -0.2) is 0 Å². The molecule has 0 aliphatic rings. The molecule has 0 aliphatic carbocycles. The highest BCUT2D eigenvalue weighted by atomic mass is 16.5. The Morgan fingerprint density at radius 3 is 2.28 bits per heavy atom. The minimum absolute atomic E-state index is 0.257. The Hall–Kier alpha value is -4.07. The maximum atomic E-state index is 12.8. The molecule has 1 heterocycles. The van der Waals surface area contributed by atoms with E-state index in [1.165, 1.54) is 7.11 Å². The summed E-state index contributed by atoms with van der Waals surface area (Å²) in [6, 6.07) is 16.3. The van der Waals surface area contributed by atoms with Crippen molar-refractivity contribution < 1.29 is 19.0 Å². The van der Waals surface area contributed by atoms with E-state index in [2.05, 4.69) is 15.5 Å². The van der Waals surface area contributed by atoms with Crippen molar-refractivity contribution in [1.29, 1.82) is 0 Å². The number of anilines is 1. The van der Waals surface area contributed by atoms with Crippen molar-refractivity contribution in [3.05, 3.63) is 65.7 Å². The van der Waals surface area contributed by atoms with Crippen LogP contribution < -0.4 is 19.5 Å². The van der Waals surface area contributed by atoms with Crippen LogP contribution in [-0.4, -0.2) is 41.7 Å². The maximum Gasteiger partial charge on any atom is 0.255 e. The maximum absolute atomic E-state index is 12.8. The van der Waals surface area contributed by atoms with Crippen molar-refractivity contribution >= 4 is 22.6 Å². The molecule has 0 aliphatic heterocycles. The molecular weight excluding hydrogens is 408 g/mol. The summed E-state index contributed by atoms with van der Waals surface area (Å²) in [5, 5.41) is 12.1. The van der Waals surface area contributed by atoms with Gasteiger partial charge in [0.15, 0.2) is 11.5 Å².